The average molecular weight is 264 g/mol. The van der Waals surface area contributed by atoms with Gasteiger partial charge in [-0.25, -0.2) is 9.59 Å². The van der Waals surface area contributed by atoms with E-state index < -0.39 is 18.0 Å². The highest BCUT2D eigenvalue weighted by atomic mass is 16.4. The molecular formula is C13H16N2O4. The van der Waals surface area contributed by atoms with Crippen LogP contribution in [-0.2, 0) is 4.79 Å². The SMILES string of the molecule is C#CCC(NC(=O)NC(C)c1ccc(C)o1)C(=O)O. The van der Waals surface area contributed by atoms with Gasteiger partial charge in [0.05, 0.1) is 6.04 Å². The predicted octanol–water partition coefficient (Wildman–Crippen LogP) is 1.42. The Balaban J connectivity index is 2.55. The first kappa shape index (κ1) is 14.6. The smallest absolute Gasteiger partial charge is 0.327 e. The van der Waals surface area contributed by atoms with Crippen molar-refractivity contribution in [1.29, 1.82) is 0 Å². The molecule has 1 aromatic heterocycles. The van der Waals surface area contributed by atoms with Gasteiger partial charge in [-0.1, -0.05) is 0 Å². The monoisotopic (exact) mass is 264 g/mol. The number of rotatable bonds is 5. The normalized spacial score (nSPS) is 13.1. The van der Waals surface area contributed by atoms with Gasteiger partial charge in [0.15, 0.2) is 0 Å². The molecule has 0 spiro atoms. The molecule has 0 radical (unpaired) electrons. The molecule has 0 aliphatic rings. The highest BCUT2D eigenvalue weighted by Crippen LogP contribution is 2.15. The fourth-order valence-electron chi connectivity index (χ4n) is 1.47. The van der Waals surface area contributed by atoms with Crippen molar-refractivity contribution in [3.05, 3.63) is 23.7 Å². The lowest BCUT2D eigenvalue weighted by Gasteiger charge is -2.15. The number of carboxylic acids is 1. The van der Waals surface area contributed by atoms with E-state index in [4.69, 9.17) is 15.9 Å². The number of aryl methyl sites for hydroxylation is 1. The molecule has 0 fully saturated rings. The lowest BCUT2D eigenvalue weighted by Crippen LogP contribution is -2.46. The zero-order valence-corrected chi connectivity index (χ0v) is 10.8. The molecule has 6 nitrogen and oxygen atoms in total. The molecule has 19 heavy (non-hydrogen) atoms. The highest BCUT2D eigenvalue weighted by molar-refractivity contribution is 5.82. The van der Waals surface area contributed by atoms with E-state index in [9.17, 15) is 9.59 Å². The van der Waals surface area contributed by atoms with Gasteiger partial charge in [-0.15, -0.1) is 12.3 Å². The summed E-state index contributed by atoms with van der Waals surface area (Å²) < 4.78 is 5.35. The van der Waals surface area contributed by atoms with Gasteiger partial charge in [0.1, 0.15) is 17.6 Å². The molecule has 102 valence electrons. The second-order valence-electron chi connectivity index (χ2n) is 4.09. The van der Waals surface area contributed by atoms with E-state index in [-0.39, 0.29) is 12.5 Å². The van der Waals surface area contributed by atoms with Crippen LogP contribution in [0.15, 0.2) is 16.5 Å². The summed E-state index contributed by atoms with van der Waals surface area (Å²) in [5.74, 6) is 2.36. The van der Waals surface area contributed by atoms with Crippen LogP contribution in [0, 0.1) is 19.3 Å². The summed E-state index contributed by atoms with van der Waals surface area (Å²) in [5.41, 5.74) is 0. The molecule has 1 aromatic rings. The summed E-state index contributed by atoms with van der Waals surface area (Å²) in [4.78, 5) is 22.5. The molecular weight excluding hydrogens is 248 g/mol. The minimum Gasteiger partial charge on any atom is -0.480 e. The second kappa shape index (κ2) is 6.50. The molecule has 2 amide bonds. The van der Waals surface area contributed by atoms with Gasteiger partial charge in [-0.3, -0.25) is 0 Å². The van der Waals surface area contributed by atoms with Gasteiger partial charge >= 0.3 is 12.0 Å². The molecule has 1 heterocycles. The van der Waals surface area contributed by atoms with Crippen molar-refractivity contribution in [1.82, 2.24) is 10.6 Å². The lowest BCUT2D eigenvalue weighted by atomic mass is 10.2. The largest absolute Gasteiger partial charge is 0.480 e. The summed E-state index contributed by atoms with van der Waals surface area (Å²) >= 11 is 0. The molecule has 0 aromatic carbocycles. The van der Waals surface area contributed by atoms with Crippen molar-refractivity contribution in [3.8, 4) is 12.3 Å². The van der Waals surface area contributed by atoms with Crippen LogP contribution in [0.2, 0.25) is 0 Å². The molecule has 6 heteroatoms. The van der Waals surface area contributed by atoms with Crippen molar-refractivity contribution < 1.29 is 19.1 Å². The maximum atomic E-state index is 11.6. The Labute approximate surface area is 111 Å². The van der Waals surface area contributed by atoms with Gasteiger partial charge in [-0.05, 0) is 26.0 Å². The Morgan fingerprint density at radius 1 is 1.47 bits per heavy atom. The number of aliphatic carboxylic acids is 1. The van der Waals surface area contributed by atoms with Crippen LogP contribution in [0.25, 0.3) is 0 Å². The van der Waals surface area contributed by atoms with Crippen molar-refractivity contribution in [3.63, 3.8) is 0 Å². The van der Waals surface area contributed by atoms with Crippen LogP contribution in [0.1, 0.15) is 30.9 Å². The first-order valence-electron chi connectivity index (χ1n) is 5.73. The first-order chi connectivity index (χ1) is 8.93. The van der Waals surface area contributed by atoms with E-state index in [0.29, 0.717) is 5.76 Å². The van der Waals surface area contributed by atoms with Crippen LogP contribution in [0.4, 0.5) is 4.79 Å². The van der Waals surface area contributed by atoms with Crippen molar-refractivity contribution in [2.45, 2.75) is 32.4 Å². The fraction of sp³-hybridized carbons (Fsp3) is 0.385. The molecule has 2 atom stereocenters. The Kier molecular flexibility index (Phi) is 5.01. The summed E-state index contributed by atoms with van der Waals surface area (Å²) in [6, 6.07) is 1.45. The minimum atomic E-state index is -1.17. The fourth-order valence-corrected chi connectivity index (χ4v) is 1.47. The second-order valence-corrected chi connectivity index (χ2v) is 4.09. The Morgan fingerprint density at radius 2 is 2.16 bits per heavy atom. The van der Waals surface area contributed by atoms with Gasteiger partial charge in [0.25, 0.3) is 0 Å². The van der Waals surface area contributed by atoms with E-state index >= 15 is 0 Å². The van der Waals surface area contributed by atoms with Gasteiger partial charge in [-0.2, -0.15) is 0 Å². The molecule has 3 N–H and O–H groups in total. The maximum Gasteiger partial charge on any atom is 0.327 e. The van der Waals surface area contributed by atoms with Crippen LogP contribution < -0.4 is 10.6 Å². The minimum absolute atomic E-state index is 0.0724. The third-order valence-electron chi connectivity index (χ3n) is 2.46. The van der Waals surface area contributed by atoms with Gasteiger partial charge < -0.3 is 20.2 Å². The molecule has 0 bridgehead atoms. The summed E-state index contributed by atoms with van der Waals surface area (Å²) in [7, 11) is 0. The number of hydrogen-bond donors (Lipinski definition) is 3. The van der Waals surface area contributed by atoms with Crippen molar-refractivity contribution >= 4 is 12.0 Å². The Bertz CT molecular complexity index is 501. The third kappa shape index (κ3) is 4.39. The number of hydrogen-bond acceptors (Lipinski definition) is 3. The van der Waals surface area contributed by atoms with E-state index in [2.05, 4.69) is 16.6 Å². The molecule has 0 aliphatic carbocycles. The number of terminal acetylenes is 1. The number of amides is 2. The third-order valence-corrected chi connectivity index (χ3v) is 2.46. The van der Waals surface area contributed by atoms with E-state index in [1.807, 2.05) is 0 Å². The van der Waals surface area contributed by atoms with E-state index in [1.165, 1.54) is 0 Å². The quantitative estimate of drug-likeness (QED) is 0.701. The molecule has 0 saturated heterocycles. The number of furan rings is 1. The Morgan fingerprint density at radius 3 is 2.63 bits per heavy atom. The van der Waals surface area contributed by atoms with Crippen molar-refractivity contribution in [2.24, 2.45) is 0 Å². The zero-order chi connectivity index (χ0) is 14.4. The molecule has 0 saturated carbocycles. The van der Waals surface area contributed by atoms with Crippen molar-refractivity contribution in [2.75, 3.05) is 0 Å². The highest BCUT2D eigenvalue weighted by Gasteiger charge is 2.20. The van der Waals surface area contributed by atoms with Crippen LogP contribution in [0.3, 0.4) is 0 Å². The Hall–Kier alpha value is -2.42. The number of nitrogens with one attached hydrogen (secondary N) is 2. The average Bonchev–Trinajstić information content (AvgIpc) is 2.75. The number of urea groups is 1. The first-order valence-corrected chi connectivity index (χ1v) is 5.73. The van der Waals surface area contributed by atoms with E-state index in [0.717, 1.165) is 5.76 Å². The van der Waals surface area contributed by atoms with Gasteiger partial charge in [0.2, 0.25) is 0 Å². The summed E-state index contributed by atoms with van der Waals surface area (Å²) in [6.07, 6.45) is 4.97. The summed E-state index contributed by atoms with van der Waals surface area (Å²) in [5, 5.41) is 13.7. The number of carbonyl (C=O) groups is 2. The van der Waals surface area contributed by atoms with Crippen LogP contribution in [0.5, 0.6) is 0 Å². The lowest BCUT2D eigenvalue weighted by molar-refractivity contribution is -0.139. The molecule has 0 aliphatic heterocycles. The number of carboxylic acid groups (broad SMARTS) is 1. The maximum absolute atomic E-state index is 11.6. The van der Waals surface area contributed by atoms with Gasteiger partial charge in [0, 0.05) is 6.42 Å². The molecule has 2 unspecified atom stereocenters. The summed E-state index contributed by atoms with van der Waals surface area (Å²) in [6.45, 7) is 3.53. The number of carbonyl (C=O) groups excluding carboxylic acids is 1. The standard InChI is InChI=1S/C13H16N2O4/c1-4-5-10(12(16)17)15-13(18)14-9(3)11-7-6-8(2)19-11/h1,6-7,9-10H,5H2,2-3H3,(H,16,17)(H2,14,15,18). The molecule has 1 rings (SSSR count). The topological polar surface area (TPSA) is 91.6 Å². The van der Waals surface area contributed by atoms with E-state index in [1.54, 1.807) is 26.0 Å². The van der Waals surface area contributed by atoms with Crippen LogP contribution >= 0.6 is 0 Å². The predicted molar refractivity (Wildman–Crippen MR) is 68.4 cm³/mol. The van der Waals surface area contributed by atoms with Crippen LogP contribution in [-0.4, -0.2) is 23.1 Å². The zero-order valence-electron chi connectivity index (χ0n) is 10.8.